The molecular formula is C14H26N2O3. The fraction of sp³-hybridized carbons (Fsp3) is 0.857. The molecule has 1 heterocycles. The highest BCUT2D eigenvalue weighted by atomic mass is 16.4. The molecule has 110 valence electrons. The van der Waals surface area contributed by atoms with Crippen molar-refractivity contribution in [2.75, 3.05) is 6.54 Å². The highest BCUT2D eigenvalue weighted by Gasteiger charge is 2.31. The number of carboxylic acid groups (broad SMARTS) is 1. The van der Waals surface area contributed by atoms with Crippen LogP contribution in [0, 0.1) is 11.3 Å². The summed E-state index contributed by atoms with van der Waals surface area (Å²) in [7, 11) is 0. The van der Waals surface area contributed by atoms with Crippen LogP contribution in [0.2, 0.25) is 0 Å². The second kappa shape index (κ2) is 6.37. The largest absolute Gasteiger partial charge is 0.481 e. The van der Waals surface area contributed by atoms with Crippen molar-refractivity contribution < 1.29 is 14.7 Å². The summed E-state index contributed by atoms with van der Waals surface area (Å²) >= 11 is 0. The van der Waals surface area contributed by atoms with Gasteiger partial charge in [-0.1, -0.05) is 20.8 Å². The van der Waals surface area contributed by atoms with Crippen LogP contribution in [0.1, 0.15) is 47.0 Å². The van der Waals surface area contributed by atoms with E-state index in [1.54, 1.807) is 0 Å². The fourth-order valence-electron chi connectivity index (χ4n) is 2.65. The molecule has 0 spiro atoms. The van der Waals surface area contributed by atoms with E-state index in [4.69, 9.17) is 5.11 Å². The van der Waals surface area contributed by atoms with E-state index in [0.29, 0.717) is 6.42 Å². The third-order valence-corrected chi connectivity index (χ3v) is 3.49. The Morgan fingerprint density at radius 2 is 2.05 bits per heavy atom. The number of aliphatic carboxylic acids is 1. The summed E-state index contributed by atoms with van der Waals surface area (Å²) in [5, 5.41) is 15.1. The van der Waals surface area contributed by atoms with Crippen LogP contribution in [0.15, 0.2) is 0 Å². The second-order valence-corrected chi connectivity index (χ2v) is 6.71. The van der Waals surface area contributed by atoms with Gasteiger partial charge >= 0.3 is 5.97 Å². The lowest BCUT2D eigenvalue weighted by Crippen LogP contribution is -2.44. The van der Waals surface area contributed by atoms with Crippen molar-refractivity contribution in [1.29, 1.82) is 0 Å². The SMILES string of the molecule is CC1NCCC1C(=O)NC(CC(=O)O)CC(C)(C)C. The summed E-state index contributed by atoms with van der Waals surface area (Å²) in [5.74, 6) is -0.934. The Morgan fingerprint density at radius 1 is 1.42 bits per heavy atom. The van der Waals surface area contributed by atoms with Gasteiger partial charge in [0.05, 0.1) is 12.3 Å². The van der Waals surface area contributed by atoms with Crippen LogP contribution >= 0.6 is 0 Å². The van der Waals surface area contributed by atoms with E-state index < -0.39 is 5.97 Å². The molecule has 0 aliphatic carbocycles. The Labute approximate surface area is 115 Å². The molecule has 0 aromatic heterocycles. The number of nitrogens with one attached hydrogen (secondary N) is 2. The van der Waals surface area contributed by atoms with Crippen LogP contribution in [0.3, 0.4) is 0 Å². The molecule has 1 saturated heterocycles. The van der Waals surface area contributed by atoms with Crippen LogP contribution in [0.4, 0.5) is 0 Å². The first-order chi connectivity index (χ1) is 8.69. The molecule has 3 unspecified atom stereocenters. The van der Waals surface area contributed by atoms with E-state index in [2.05, 4.69) is 10.6 Å². The summed E-state index contributed by atoms with van der Waals surface area (Å²) < 4.78 is 0. The number of hydrogen-bond donors (Lipinski definition) is 3. The van der Waals surface area contributed by atoms with Crippen molar-refractivity contribution >= 4 is 11.9 Å². The van der Waals surface area contributed by atoms with Gasteiger partial charge < -0.3 is 15.7 Å². The van der Waals surface area contributed by atoms with Crippen molar-refractivity contribution in [3.8, 4) is 0 Å². The van der Waals surface area contributed by atoms with Gasteiger partial charge in [-0.2, -0.15) is 0 Å². The maximum atomic E-state index is 12.2. The minimum Gasteiger partial charge on any atom is -0.481 e. The van der Waals surface area contributed by atoms with Crippen molar-refractivity contribution in [2.24, 2.45) is 11.3 Å². The first-order valence-electron chi connectivity index (χ1n) is 6.94. The minimum atomic E-state index is -0.868. The zero-order valence-electron chi connectivity index (χ0n) is 12.3. The molecule has 5 heteroatoms. The van der Waals surface area contributed by atoms with Gasteiger partial charge in [-0.3, -0.25) is 9.59 Å². The number of carbonyl (C=O) groups is 2. The Balaban J connectivity index is 2.60. The van der Waals surface area contributed by atoms with Gasteiger partial charge in [0.25, 0.3) is 0 Å². The van der Waals surface area contributed by atoms with E-state index in [1.165, 1.54) is 0 Å². The second-order valence-electron chi connectivity index (χ2n) is 6.71. The Hall–Kier alpha value is -1.10. The lowest BCUT2D eigenvalue weighted by atomic mass is 9.86. The smallest absolute Gasteiger partial charge is 0.305 e. The fourth-order valence-corrected chi connectivity index (χ4v) is 2.65. The molecule has 3 N–H and O–H groups in total. The van der Waals surface area contributed by atoms with E-state index in [-0.39, 0.29) is 35.7 Å². The molecule has 1 fully saturated rings. The molecule has 3 atom stereocenters. The maximum absolute atomic E-state index is 12.2. The average molecular weight is 270 g/mol. The summed E-state index contributed by atoms with van der Waals surface area (Å²) in [4.78, 5) is 23.1. The lowest BCUT2D eigenvalue weighted by Gasteiger charge is -2.27. The predicted molar refractivity (Wildman–Crippen MR) is 73.8 cm³/mol. The quantitative estimate of drug-likeness (QED) is 0.705. The third-order valence-electron chi connectivity index (χ3n) is 3.49. The third kappa shape index (κ3) is 5.59. The standard InChI is InChI=1S/C14H26N2O3/c1-9-11(5-6-15-9)13(19)16-10(7-12(17)18)8-14(2,3)4/h9-11,15H,5-8H2,1-4H3,(H,16,19)(H,17,18). The van der Waals surface area contributed by atoms with Crippen LogP contribution in [-0.2, 0) is 9.59 Å². The number of carbonyl (C=O) groups excluding carboxylic acids is 1. The first kappa shape index (κ1) is 16.0. The van der Waals surface area contributed by atoms with E-state index in [0.717, 1.165) is 13.0 Å². The van der Waals surface area contributed by atoms with Crippen molar-refractivity contribution in [3.05, 3.63) is 0 Å². The average Bonchev–Trinajstić information content (AvgIpc) is 2.60. The summed E-state index contributed by atoms with van der Waals surface area (Å²) in [6.45, 7) is 8.99. The van der Waals surface area contributed by atoms with Crippen LogP contribution in [0.25, 0.3) is 0 Å². The molecule has 0 radical (unpaired) electrons. The Bertz CT molecular complexity index is 336. The summed E-state index contributed by atoms with van der Waals surface area (Å²) in [5.41, 5.74) is -0.00701. The number of rotatable bonds is 5. The normalized spacial score (nSPS) is 25.1. The summed E-state index contributed by atoms with van der Waals surface area (Å²) in [6.07, 6.45) is 1.47. The maximum Gasteiger partial charge on any atom is 0.305 e. The van der Waals surface area contributed by atoms with Gasteiger partial charge in [0, 0.05) is 12.1 Å². The lowest BCUT2D eigenvalue weighted by molar-refractivity contribution is -0.138. The number of hydrogen-bond acceptors (Lipinski definition) is 3. The van der Waals surface area contributed by atoms with Crippen molar-refractivity contribution in [3.63, 3.8) is 0 Å². The molecule has 19 heavy (non-hydrogen) atoms. The Kier molecular flexibility index (Phi) is 5.35. The zero-order valence-corrected chi connectivity index (χ0v) is 12.3. The van der Waals surface area contributed by atoms with Gasteiger partial charge in [-0.05, 0) is 31.7 Å². The van der Waals surface area contributed by atoms with Crippen molar-refractivity contribution in [1.82, 2.24) is 10.6 Å². The minimum absolute atomic E-state index is 0.00701. The molecule has 0 saturated carbocycles. The highest BCUT2D eigenvalue weighted by molar-refractivity contribution is 5.80. The van der Waals surface area contributed by atoms with Gasteiger partial charge in [0.1, 0.15) is 0 Å². The highest BCUT2D eigenvalue weighted by Crippen LogP contribution is 2.23. The van der Waals surface area contributed by atoms with E-state index in [1.807, 2.05) is 27.7 Å². The molecule has 5 nitrogen and oxygen atoms in total. The predicted octanol–water partition coefficient (Wildman–Crippen LogP) is 1.38. The summed E-state index contributed by atoms with van der Waals surface area (Å²) in [6, 6.07) is -0.127. The Morgan fingerprint density at radius 3 is 2.47 bits per heavy atom. The topological polar surface area (TPSA) is 78.4 Å². The van der Waals surface area contributed by atoms with Crippen LogP contribution in [0.5, 0.6) is 0 Å². The molecule has 1 aliphatic rings. The van der Waals surface area contributed by atoms with Gasteiger partial charge in [-0.25, -0.2) is 0 Å². The molecular weight excluding hydrogens is 244 g/mol. The van der Waals surface area contributed by atoms with Crippen molar-refractivity contribution in [2.45, 2.75) is 59.0 Å². The molecule has 0 aromatic carbocycles. The molecule has 1 rings (SSSR count). The number of amides is 1. The molecule has 1 amide bonds. The van der Waals surface area contributed by atoms with E-state index in [9.17, 15) is 9.59 Å². The monoisotopic (exact) mass is 270 g/mol. The van der Waals surface area contributed by atoms with Crippen LogP contribution in [-0.4, -0.2) is 35.6 Å². The van der Waals surface area contributed by atoms with Gasteiger partial charge in [0.15, 0.2) is 0 Å². The molecule has 0 aromatic rings. The first-order valence-corrected chi connectivity index (χ1v) is 6.94. The van der Waals surface area contributed by atoms with Gasteiger partial charge in [0.2, 0.25) is 5.91 Å². The number of carboxylic acids is 1. The van der Waals surface area contributed by atoms with Crippen LogP contribution < -0.4 is 10.6 Å². The van der Waals surface area contributed by atoms with Gasteiger partial charge in [-0.15, -0.1) is 0 Å². The molecule has 1 aliphatic heterocycles. The van der Waals surface area contributed by atoms with E-state index >= 15 is 0 Å². The molecule has 0 bridgehead atoms. The zero-order chi connectivity index (χ0) is 14.6.